The topological polar surface area (TPSA) is 43.6 Å². The summed E-state index contributed by atoms with van der Waals surface area (Å²) in [6, 6.07) is 9.95. The van der Waals surface area contributed by atoms with Crippen LogP contribution in [-0.2, 0) is 0 Å². The monoisotopic (exact) mass is 290 g/mol. The Kier molecular flexibility index (Phi) is 3.83. The molecule has 4 nitrogen and oxygen atoms in total. The molecule has 3 aromatic heterocycles. The third kappa shape index (κ3) is 2.81. The molecule has 0 unspecified atom stereocenters. The fourth-order valence-electron chi connectivity index (χ4n) is 2.37. The molecule has 0 fully saturated rings. The van der Waals surface area contributed by atoms with Gasteiger partial charge in [-0.25, -0.2) is 9.67 Å². The van der Waals surface area contributed by atoms with E-state index in [0.717, 1.165) is 28.3 Å². The van der Waals surface area contributed by atoms with Crippen molar-refractivity contribution in [3.8, 4) is 5.82 Å². The molecule has 0 saturated heterocycles. The molecule has 0 aliphatic rings. The lowest BCUT2D eigenvalue weighted by Gasteiger charge is -2.08. The van der Waals surface area contributed by atoms with Crippen LogP contribution < -0.4 is 0 Å². The molecule has 0 N–H and O–H groups in total. The second-order valence-corrected chi connectivity index (χ2v) is 5.33. The van der Waals surface area contributed by atoms with E-state index < -0.39 is 0 Å². The zero-order valence-corrected chi connectivity index (χ0v) is 13.0. The van der Waals surface area contributed by atoms with Gasteiger partial charge in [-0.15, -0.1) is 0 Å². The fraction of sp³-hybridized carbons (Fsp3) is 0.167. The summed E-state index contributed by atoms with van der Waals surface area (Å²) >= 11 is 0. The van der Waals surface area contributed by atoms with E-state index in [-0.39, 0.29) is 0 Å². The molecule has 3 rings (SSSR count). The van der Waals surface area contributed by atoms with Crippen LogP contribution >= 0.6 is 0 Å². The predicted octanol–water partition coefficient (Wildman–Crippen LogP) is 3.84. The van der Waals surface area contributed by atoms with E-state index in [1.54, 1.807) is 6.20 Å². The van der Waals surface area contributed by atoms with Crippen molar-refractivity contribution in [3.63, 3.8) is 0 Å². The van der Waals surface area contributed by atoms with Crippen LogP contribution in [0.3, 0.4) is 0 Å². The molecule has 0 spiro atoms. The van der Waals surface area contributed by atoms with Crippen LogP contribution in [0.1, 0.15) is 29.4 Å². The van der Waals surface area contributed by atoms with Gasteiger partial charge in [-0.2, -0.15) is 5.10 Å². The van der Waals surface area contributed by atoms with Gasteiger partial charge in [-0.05, 0) is 67.8 Å². The van der Waals surface area contributed by atoms with Crippen LogP contribution in [-0.4, -0.2) is 19.7 Å². The number of rotatable bonds is 3. The van der Waals surface area contributed by atoms with Gasteiger partial charge < -0.3 is 0 Å². The summed E-state index contributed by atoms with van der Waals surface area (Å²) in [5, 5.41) is 4.41. The van der Waals surface area contributed by atoms with E-state index in [9.17, 15) is 0 Å². The Bertz CT molecular complexity index is 830. The van der Waals surface area contributed by atoms with E-state index in [0.29, 0.717) is 0 Å². The third-order valence-corrected chi connectivity index (χ3v) is 3.59. The highest BCUT2D eigenvalue weighted by atomic mass is 15.3. The summed E-state index contributed by atoms with van der Waals surface area (Å²) in [4.78, 5) is 8.74. The van der Waals surface area contributed by atoms with E-state index in [1.165, 1.54) is 5.56 Å². The summed E-state index contributed by atoms with van der Waals surface area (Å²) in [7, 11) is 0. The van der Waals surface area contributed by atoms with Gasteiger partial charge in [0, 0.05) is 18.1 Å². The van der Waals surface area contributed by atoms with Crippen LogP contribution in [0.15, 0.2) is 48.9 Å². The van der Waals surface area contributed by atoms with Crippen LogP contribution in [0.5, 0.6) is 0 Å². The first kappa shape index (κ1) is 14.2. The normalized spacial score (nSPS) is 11.7. The molecule has 3 aromatic rings. The number of aromatic nitrogens is 4. The van der Waals surface area contributed by atoms with Gasteiger partial charge in [0.15, 0.2) is 5.82 Å². The van der Waals surface area contributed by atoms with E-state index in [4.69, 9.17) is 0 Å². The van der Waals surface area contributed by atoms with E-state index >= 15 is 0 Å². The van der Waals surface area contributed by atoms with Crippen molar-refractivity contribution >= 4 is 11.6 Å². The first-order valence-electron chi connectivity index (χ1n) is 7.22. The lowest BCUT2D eigenvalue weighted by molar-refractivity contribution is 0.829. The number of aryl methyl sites for hydroxylation is 2. The van der Waals surface area contributed by atoms with Gasteiger partial charge in [0.1, 0.15) is 0 Å². The molecule has 4 heteroatoms. The molecule has 3 heterocycles. The Labute approximate surface area is 130 Å². The SMILES string of the molecule is C/C(=C\c1cnccc1C)c1ccnn1-c1cccc(C)n1. The molecule has 0 atom stereocenters. The summed E-state index contributed by atoms with van der Waals surface area (Å²) in [5.74, 6) is 0.829. The quantitative estimate of drug-likeness (QED) is 0.736. The zero-order valence-electron chi connectivity index (χ0n) is 13.0. The number of nitrogens with zero attached hydrogens (tertiary/aromatic N) is 4. The molecule has 22 heavy (non-hydrogen) atoms. The maximum absolute atomic E-state index is 4.54. The van der Waals surface area contributed by atoms with Crippen LogP contribution in [0.4, 0.5) is 0 Å². The second kappa shape index (κ2) is 5.93. The van der Waals surface area contributed by atoms with Gasteiger partial charge in [0.25, 0.3) is 0 Å². The maximum atomic E-state index is 4.54. The first-order chi connectivity index (χ1) is 10.6. The molecule has 0 aliphatic heterocycles. The average Bonchev–Trinajstić information content (AvgIpc) is 2.99. The first-order valence-corrected chi connectivity index (χ1v) is 7.22. The summed E-state index contributed by atoms with van der Waals surface area (Å²) < 4.78 is 1.87. The van der Waals surface area contributed by atoms with Crippen molar-refractivity contribution in [1.29, 1.82) is 0 Å². The van der Waals surface area contributed by atoms with Gasteiger partial charge in [0.2, 0.25) is 0 Å². The molecule has 0 radical (unpaired) electrons. The highest BCUT2D eigenvalue weighted by Crippen LogP contribution is 2.21. The Hall–Kier alpha value is -2.75. The van der Waals surface area contributed by atoms with Crippen molar-refractivity contribution < 1.29 is 0 Å². The number of hydrogen-bond acceptors (Lipinski definition) is 3. The van der Waals surface area contributed by atoms with Crippen molar-refractivity contribution in [2.75, 3.05) is 0 Å². The number of allylic oxidation sites excluding steroid dienone is 1. The fourth-order valence-corrected chi connectivity index (χ4v) is 2.37. The highest BCUT2D eigenvalue weighted by molar-refractivity contribution is 5.79. The molecule has 110 valence electrons. The standard InChI is InChI=1S/C18H18N4/c1-13-7-9-19-12-16(13)11-14(2)17-8-10-20-22(17)18-6-4-5-15(3)21-18/h4-12H,1-3H3/b14-11+. The van der Waals surface area contributed by atoms with E-state index in [1.807, 2.05) is 54.3 Å². The minimum atomic E-state index is 0.829. The Morgan fingerprint density at radius 2 is 1.95 bits per heavy atom. The lowest BCUT2D eigenvalue weighted by Crippen LogP contribution is -2.03. The maximum Gasteiger partial charge on any atom is 0.154 e. The van der Waals surface area contributed by atoms with Crippen molar-refractivity contribution in [3.05, 3.63) is 71.4 Å². The predicted molar refractivity (Wildman–Crippen MR) is 88.6 cm³/mol. The van der Waals surface area contributed by atoms with Crippen LogP contribution in [0.25, 0.3) is 17.5 Å². The van der Waals surface area contributed by atoms with Crippen molar-refractivity contribution in [2.45, 2.75) is 20.8 Å². The Balaban J connectivity index is 2.03. The second-order valence-electron chi connectivity index (χ2n) is 5.33. The zero-order chi connectivity index (χ0) is 15.5. The average molecular weight is 290 g/mol. The summed E-state index contributed by atoms with van der Waals surface area (Å²) in [5.41, 5.74) is 5.45. The van der Waals surface area contributed by atoms with E-state index in [2.05, 4.69) is 35.0 Å². The van der Waals surface area contributed by atoms with Crippen LogP contribution in [0.2, 0.25) is 0 Å². The summed E-state index contributed by atoms with van der Waals surface area (Å²) in [6.07, 6.45) is 7.62. The number of pyridine rings is 2. The molecular weight excluding hydrogens is 272 g/mol. The minimum Gasteiger partial charge on any atom is -0.264 e. The van der Waals surface area contributed by atoms with Gasteiger partial charge in [-0.1, -0.05) is 6.07 Å². The number of hydrogen-bond donors (Lipinski definition) is 0. The van der Waals surface area contributed by atoms with Crippen molar-refractivity contribution in [1.82, 2.24) is 19.7 Å². The smallest absolute Gasteiger partial charge is 0.154 e. The minimum absolute atomic E-state index is 0.829. The van der Waals surface area contributed by atoms with Crippen LogP contribution in [0, 0.1) is 13.8 Å². The van der Waals surface area contributed by atoms with Gasteiger partial charge in [-0.3, -0.25) is 4.98 Å². The Morgan fingerprint density at radius 3 is 2.73 bits per heavy atom. The molecule has 0 amide bonds. The molecule has 0 aromatic carbocycles. The van der Waals surface area contributed by atoms with Gasteiger partial charge in [0.05, 0.1) is 11.9 Å². The van der Waals surface area contributed by atoms with Crippen molar-refractivity contribution in [2.24, 2.45) is 0 Å². The highest BCUT2D eigenvalue weighted by Gasteiger charge is 2.08. The molecule has 0 bridgehead atoms. The molecular formula is C18H18N4. The molecule has 0 aliphatic carbocycles. The molecule has 0 saturated carbocycles. The Morgan fingerprint density at radius 1 is 1.09 bits per heavy atom. The lowest BCUT2D eigenvalue weighted by atomic mass is 10.1. The van der Waals surface area contributed by atoms with Gasteiger partial charge >= 0.3 is 0 Å². The summed E-state index contributed by atoms with van der Waals surface area (Å²) in [6.45, 7) is 6.14. The largest absolute Gasteiger partial charge is 0.264 e. The third-order valence-electron chi connectivity index (χ3n) is 3.59.